The Kier molecular flexibility index (Phi) is 5.37. The van der Waals surface area contributed by atoms with Gasteiger partial charge >= 0.3 is 5.69 Å². The van der Waals surface area contributed by atoms with Crippen LogP contribution in [0.3, 0.4) is 0 Å². The molecule has 0 atom stereocenters. The summed E-state index contributed by atoms with van der Waals surface area (Å²) in [6.45, 7) is 6.69. The molecule has 0 saturated heterocycles. The van der Waals surface area contributed by atoms with Crippen molar-refractivity contribution in [1.82, 2.24) is 28.9 Å². The summed E-state index contributed by atoms with van der Waals surface area (Å²) in [4.78, 5) is 34.8. The lowest BCUT2D eigenvalue weighted by Crippen LogP contribution is -2.38. The Balaban J connectivity index is 1.85. The molecule has 11 heteroatoms. The molecule has 0 bridgehead atoms. The quantitative estimate of drug-likeness (QED) is 0.383. The Morgan fingerprint density at radius 2 is 2.03 bits per heavy atom. The van der Waals surface area contributed by atoms with Crippen molar-refractivity contribution < 1.29 is 0 Å². The van der Waals surface area contributed by atoms with Crippen LogP contribution in [-0.4, -0.2) is 28.9 Å². The second kappa shape index (κ2) is 8.14. The minimum absolute atomic E-state index is 0.184. The van der Waals surface area contributed by atoms with Crippen LogP contribution in [0.5, 0.6) is 0 Å². The van der Waals surface area contributed by atoms with E-state index in [9.17, 15) is 9.59 Å². The summed E-state index contributed by atoms with van der Waals surface area (Å²) < 4.78 is 4.49. The highest BCUT2D eigenvalue weighted by Crippen LogP contribution is 2.36. The fourth-order valence-corrected chi connectivity index (χ4v) is 5.38. The molecule has 9 nitrogen and oxygen atoms in total. The zero-order chi connectivity index (χ0) is 24.3. The predicted octanol–water partition coefficient (Wildman–Crippen LogP) is 3.75. The highest BCUT2D eigenvalue weighted by molar-refractivity contribution is 7.19. The van der Waals surface area contributed by atoms with Gasteiger partial charge in [-0.1, -0.05) is 36.8 Å². The Hall–Kier alpha value is -3.37. The van der Waals surface area contributed by atoms with Gasteiger partial charge in [-0.2, -0.15) is 5.10 Å². The van der Waals surface area contributed by atoms with E-state index in [2.05, 4.69) is 9.97 Å². The molecule has 3 N–H and O–H groups in total. The maximum Gasteiger partial charge on any atom is 0.332 e. The van der Waals surface area contributed by atoms with Crippen molar-refractivity contribution in [3.63, 3.8) is 0 Å². The molecule has 0 radical (unpaired) electrons. The van der Waals surface area contributed by atoms with E-state index in [0.29, 0.717) is 45.7 Å². The minimum Gasteiger partial charge on any atom is -0.375 e. The second-order valence-corrected chi connectivity index (χ2v) is 10.3. The smallest absolute Gasteiger partial charge is 0.332 e. The van der Waals surface area contributed by atoms with E-state index >= 15 is 0 Å². The molecule has 0 aliphatic heterocycles. The molecular weight excluding hydrogens is 474 g/mol. The lowest BCUT2D eigenvalue weighted by molar-refractivity contribution is 0.498. The number of aromatic amines is 1. The Morgan fingerprint density at radius 3 is 2.71 bits per heavy atom. The van der Waals surface area contributed by atoms with Crippen molar-refractivity contribution in [2.75, 3.05) is 5.73 Å². The molecule has 4 heterocycles. The molecular formula is C23H24ClN7O2S. The normalized spacial score (nSPS) is 11.9. The third kappa shape index (κ3) is 3.54. The predicted molar refractivity (Wildman–Crippen MR) is 137 cm³/mol. The van der Waals surface area contributed by atoms with Crippen LogP contribution in [0.2, 0.25) is 5.02 Å². The van der Waals surface area contributed by atoms with Gasteiger partial charge in [-0.3, -0.25) is 18.6 Å². The molecule has 0 amide bonds. The number of aromatic nitrogens is 6. The van der Waals surface area contributed by atoms with E-state index in [4.69, 9.17) is 22.4 Å². The number of fused-ring (bicyclic) bond motifs is 2. The summed E-state index contributed by atoms with van der Waals surface area (Å²) in [7, 11) is 1.50. The van der Waals surface area contributed by atoms with E-state index in [1.807, 2.05) is 45.2 Å². The maximum atomic E-state index is 13.4. The van der Waals surface area contributed by atoms with Crippen molar-refractivity contribution >= 4 is 50.0 Å². The molecule has 176 valence electrons. The Morgan fingerprint density at radius 1 is 1.26 bits per heavy atom. The van der Waals surface area contributed by atoms with Crippen molar-refractivity contribution in [2.45, 2.75) is 33.9 Å². The average molecular weight is 498 g/mol. The van der Waals surface area contributed by atoms with Crippen LogP contribution < -0.4 is 17.0 Å². The minimum atomic E-state index is -0.394. The lowest BCUT2D eigenvalue weighted by atomic mass is 10.1. The standard InChI is InChI=1S/C23H24ClN7O2S/c1-11(2)9-30-20-17(21(32)29(4)23(30)33)18(19-12(3)27-22(25)34-19)31(28-20)10-13-8-26-16-6-5-14(24)7-15(13)16/h5-8,11,26H,9-10H2,1-4H3,(H2,25,27). The van der Waals surface area contributed by atoms with Crippen molar-refractivity contribution in [1.29, 1.82) is 0 Å². The summed E-state index contributed by atoms with van der Waals surface area (Å²) in [6.07, 6.45) is 1.91. The fraction of sp³-hybridized carbons (Fsp3) is 0.304. The van der Waals surface area contributed by atoms with Crippen LogP contribution in [0.15, 0.2) is 34.0 Å². The number of thiazole rings is 1. The van der Waals surface area contributed by atoms with Crippen molar-refractivity contribution in [2.24, 2.45) is 13.0 Å². The first-order valence-corrected chi connectivity index (χ1v) is 12.0. The molecule has 0 aliphatic carbocycles. The number of halogens is 1. The fourth-order valence-electron chi connectivity index (χ4n) is 4.32. The Bertz CT molecular complexity index is 1690. The van der Waals surface area contributed by atoms with Crippen LogP contribution in [0.4, 0.5) is 5.13 Å². The van der Waals surface area contributed by atoms with Crippen LogP contribution >= 0.6 is 22.9 Å². The largest absolute Gasteiger partial charge is 0.375 e. The van der Waals surface area contributed by atoms with E-state index in [0.717, 1.165) is 25.9 Å². The molecule has 34 heavy (non-hydrogen) atoms. The van der Waals surface area contributed by atoms with Crippen molar-refractivity contribution in [3.05, 3.63) is 61.5 Å². The number of benzene rings is 1. The SMILES string of the molecule is Cc1nc(N)sc1-c1c2c(=O)n(C)c(=O)n(CC(C)C)c2nn1Cc1c[nH]c2ccc(Cl)cc12. The summed E-state index contributed by atoms with van der Waals surface area (Å²) in [5.41, 5.74) is 8.81. The molecule has 5 aromatic rings. The number of H-pyrrole nitrogens is 1. The first-order chi connectivity index (χ1) is 16.2. The molecule has 5 rings (SSSR count). The monoisotopic (exact) mass is 497 g/mol. The van der Waals surface area contributed by atoms with Gasteiger partial charge in [-0.25, -0.2) is 9.78 Å². The number of nitrogens with two attached hydrogens (primary N) is 1. The zero-order valence-corrected chi connectivity index (χ0v) is 20.8. The van der Waals surface area contributed by atoms with Gasteiger partial charge in [0.2, 0.25) is 0 Å². The third-order valence-corrected chi connectivity index (χ3v) is 7.08. The molecule has 0 aliphatic rings. The van der Waals surface area contributed by atoms with Gasteiger partial charge in [0, 0.05) is 35.7 Å². The molecule has 0 fully saturated rings. The average Bonchev–Trinajstić information content (AvgIpc) is 3.44. The van der Waals surface area contributed by atoms with Crippen LogP contribution in [-0.2, 0) is 20.1 Å². The number of nitrogens with zero attached hydrogens (tertiary/aromatic N) is 5. The number of hydrogen-bond donors (Lipinski definition) is 2. The number of nitrogens with one attached hydrogen (secondary N) is 1. The van der Waals surface area contributed by atoms with Gasteiger partial charge < -0.3 is 10.7 Å². The number of nitrogen functional groups attached to an aromatic ring is 1. The lowest BCUT2D eigenvalue weighted by Gasteiger charge is -2.10. The third-order valence-electron chi connectivity index (χ3n) is 5.85. The first-order valence-electron chi connectivity index (χ1n) is 10.8. The summed E-state index contributed by atoms with van der Waals surface area (Å²) in [5.74, 6) is 0.184. The van der Waals surface area contributed by atoms with E-state index in [1.165, 1.54) is 18.4 Å². The second-order valence-electron chi connectivity index (χ2n) is 8.83. The number of aryl methyl sites for hydroxylation is 1. The van der Waals surface area contributed by atoms with Gasteiger partial charge in [0.25, 0.3) is 5.56 Å². The zero-order valence-electron chi connectivity index (χ0n) is 19.2. The van der Waals surface area contributed by atoms with Gasteiger partial charge in [0.1, 0.15) is 5.39 Å². The van der Waals surface area contributed by atoms with E-state index in [-0.39, 0.29) is 11.6 Å². The summed E-state index contributed by atoms with van der Waals surface area (Å²) >= 11 is 7.55. The highest BCUT2D eigenvalue weighted by atomic mass is 35.5. The van der Waals surface area contributed by atoms with Crippen molar-refractivity contribution in [3.8, 4) is 10.6 Å². The highest BCUT2D eigenvalue weighted by Gasteiger charge is 2.25. The van der Waals surface area contributed by atoms with Gasteiger partial charge in [0.15, 0.2) is 10.8 Å². The topological polar surface area (TPSA) is 117 Å². The van der Waals surface area contributed by atoms with Crippen LogP contribution in [0, 0.1) is 12.8 Å². The van der Waals surface area contributed by atoms with Gasteiger partial charge in [-0.05, 0) is 36.6 Å². The van der Waals surface area contributed by atoms with Crippen LogP contribution in [0.25, 0.3) is 32.5 Å². The molecule has 4 aromatic heterocycles. The summed E-state index contributed by atoms with van der Waals surface area (Å²) in [6, 6.07) is 5.65. The summed E-state index contributed by atoms with van der Waals surface area (Å²) in [5, 5.41) is 7.19. The number of anilines is 1. The molecule has 0 unspecified atom stereocenters. The Labute approximate surface area is 203 Å². The molecule has 0 spiro atoms. The van der Waals surface area contributed by atoms with E-state index in [1.54, 1.807) is 9.25 Å². The van der Waals surface area contributed by atoms with Crippen LogP contribution in [0.1, 0.15) is 25.1 Å². The number of hydrogen-bond acceptors (Lipinski definition) is 6. The molecule has 1 aromatic carbocycles. The van der Waals surface area contributed by atoms with E-state index < -0.39 is 5.56 Å². The molecule has 0 saturated carbocycles. The number of rotatable bonds is 5. The van der Waals surface area contributed by atoms with Gasteiger partial charge in [-0.15, -0.1) is 0 Å². The maximum absolute atomic E-state index is 13.4. The van der Waals surface area contributed by atoms with Gasteiger partial charge in [0.05, 0.1) is 22.8 Å². The first kappa shape index (κ1) is 22.4.